The van der Waals surface area contributed by atoms with Gasteiger partial charge < -0.3 is 0 Å². The molecule has 0 bridgehead atoms. The van der Waals surface area contributed by atoms with E-state index in [-0.39, 0.29) is 0 Å². The van der Waals surface area contributed by atoms with Gasteiger partial charge >= 0.3 is 0 Å². The van der Waals surface area contributed by atoms with Crippen LogP contribution in [0, 0.1) is 0 Å². The minimum absolute atomic E-state index is 0.633. The topological polar surface area (TPSA) is 77.3 Å². The van der Waals surface area contributed by atoms with Gasteiger partial charge in [0.25, 0.3) is 0 Å². The van der Waals surface area contributed by atoms with Crippen LogP contribution in [-0.2, 0) is 0 Å². The second-order valence-corrected chi connectivity index (χ2v) is 15.9. The number of hydrogen-bond acceptors (Lipinski definition) is 6. The second-order valence-electron chi connectivity index (χ2n) is 15.9. The molecule has 0 spiro atoms. The van der Waals surface area contributed by atoms with Gasteiger partial charge in [-0.05, 0) is 108 Å². The maximum atomic E-state index is 5.03. The van der Waals surface area contributed by atoms with E-state index in [4.69, 9.17) is 19.9 Å². The molecule has 4 heterocycles. The monoisotopic (exact) mass is 816 g/mol. The van der Waals surface area contributed by atoms with Gasteiger partial charge in [0.2, 0.25) is 0 Å². The van der Waals surface area contributed by atoms with Crippen molar-refractivity contribution in [3.63, 3.8) is 0 Å². The average Bonchev–Trinajstić information content (AvgIpc) is 3.38. The lowest BCUT2D eigenvalue weighted by Gasteiger charge is -2.17. The fourth-order valence-electron chi connectivity index (χ4n) is 8.90. The summed E-state index contributed by atoms with van der Waals surface area (Å²) in [6.07, 6.45) is 3.60. The molecule has 0 amide bonds. The van der Waals surface area contributed by atoms with Crippen LogP contribution in [0.15, 0.2) is 219 Å². The Morgan fingerprint density at radius 2 is 0.703 bits per heavy atom. The van der Waals surface area contributed by atoms with Crippen molar-refractivity contribution >= 4 is 32.3 Å². The van der Waals surface area contributed by atoms with Gasteiger partial charge in [0.1, 0.15) is 0 Å². The predicted molar refractivity (Wildman–Crippen MR) is 260 cm³/mol. The summed E-state index contributed by atoms with van der Waals surface area (Å²) in [5.74, 6) is 1.92. The van der Waals surface area contributed by atoms with Gasteiger partial charge in [0.15, 0.2) is 17.5 Å². The van der Waals surface area contributed by atoms with E-state index in [1.165, 1.54) is 37.9 Å². The van der Waals surface area contributed by atoms with Crippen LogP contribution in [-0.4, -0.2) is 29.9 Å². The first kappa shape index (κ1) is 37.1. The SMILES string of the molecule is c1ccc(-c2nc(-c3ccccc3)nc(-c3cccc(-c4ccc5ccc6c(-c7ccc(-c8cc(-c9ccccn9)nc(-c9ccccn9)c8)cc7)ccc7ccc4c5c76)c3)n2)cc1. The molecular weight excluding hydrogens is 781 g/mol. The minimum atomic E-state index is 0.633. The average molecular weight is 817 g/mol. The van der Waals surface area contributed by atoms with E-state index in [2.05, 4.69) is 119 Å². The summed E-state index contributed by atoms with van der Waals surface area (Å²) in [6, 6.07) is 71.8. The van der Waals surface area contributed by atoms with Gasteiger partial charge in [-0.2, -0.15) is 0 Å². The summed E-state index contributed by atoms with van der Waals surface area (Å²) in [5, 5.41) is 7.38. The van der Waals surface area contributed by atoms with Crippen LogP contribution in [0.25, 0.3) is 123 Å². The van der Waals surface area contributed by atoms with Crippen LogP contribution < -0.4 is 0 Å². The lowest BCUT2D eigenvalue weighted by atomic mass is 9.87. The van der Waals surface area contributed by atoms with Crippen molar-refractivity contribution < 1.29 is 0 Å². The van der Waals surface area contributed by atoms with Crippen LogP contribution in [0.4, 0.5) is 0 Å². The van der Waals surface area contributed by atoms with Crippen molar-refractivity contribution in [2.45, 2.75) is 0 Å². The Balaban J connectivity index is 0.939. The molecule has 12 rings (SSSR count). The molecule has 12 aromatic rings. The zero-order valence-electron chi connectivity index (χ0n) is 34.5. The number of aromatic nitrogens is 6. The molecule has 0 aliphatic heterocycles. The smallest absolute Gasteiger partial charge is 0.164 e. The maximum absolute atomic E-state index is 5.03. The molecule has 298 valence electrons. The molecule has 4 aromatic heterocycles. The lowest BCUT2D eigenvalue weighted by Crippen LogP contribution is -2.00. The number of hydrogen-bond donors (Lipinski definition) is 0. The van der Waals surface area contributed by atoms with Crippen LogP contribution in [0.5, 0.6) is 0 Å². The fourth-order valence-corrected chi connectivity index (χ4v) is 8.90. The van der Waals surface area contributed by atoms with Crippen molar-refractivity contribution in [2.75, 3.05) is 0 Å². The molecule has 6 heteroatoms. The highest BCUT2D eigenvalue weighted by molar-refractivity contribution is 6.27. The van der Waals surface area contributed by atoms with Gasteiger partial charge in [-0.3, -0.25) is 9.97 Å². The molecule has 0 saturated carbocycles. The van der Waals surface area contributed by atoms with Gasteiger partial charge in [-0.25, -0.2) is 19.9 Å². The number of rotatable bonds is 8. The Morgan fingerprint density at radius 1 is 0.250 bits per heavy atom. The summed E-state index contributed by atoms with van der Waals surface area (Å²) >= 11 is 0. The first-order chi connectivity index (χ1) is 31.7. The molecule has 0 atom stereocenters. The number of pyridine rings is 3. The predicted octanol–water partition coefficient (Wildman–Crippen LogP) is 14.3. The molecule has 64 heavy (non-hydrogen) atoms. The van der Waals surface area contributed by atoms with E-state index < -0.39 is 0 Å². The van der Waals surface area contributed by atoms with Crippen molar-refractivity contribution in [1.29, 1.82) is 0 Å². The van der Waals surface area contributed by atoms with E-state index in [9.17, 15) is 0 Å². The van der Waals surface area contributed by atoms with Crippen LogP contribution >= 0.6 is 0 Å². The van der Waals surface area contributed by atoms with Crippen LogP contribution in [0.1, 0.15) is 0 Å². The van der Waals surface area contributed by atoms with Crippen molar-refractivity contribution in [3.8, 4) is 90.3 Å². The molecule has 0 saturated heterocycles. The third-order valence-electron chi connectivity index (χ3n) is 12.0. The summed E-state index contributed by atoms with van der Waals surface area (Å²) in [4.78, 5) is 29.2. The van der Waals surface area contributed by atoms with Crippen molar-refractivity contribution in [2.24, 2.45) is 0 Å². The molecule has 0 aliphatic carbocycles. The molecule has 0 aliphatic rings. The Hall–Kier alpha value is -8.74. The van der Waals surface area contributed by atoms with E-state index in [0.717, 1.165) is 67.3 Å². The highest BCUT2D eigenvalue weighted by Crippen LogP contribution is 2.43. The lowest BCUT2D eigenvalue weighted by molar-refractivity contribution is 1.07. The van der Waals surface area contributed by atoms with Crippen LogP contribution in [0.3, 0.4) is 0 Å². The summed E-state index contributed by atoms with van der Waals surface area (Å²) < 4.78 is 0. The summed E-state index contributed by atoms with van der Waals surface area (Å²) in [5.41, 5.74) is 12.8. The van der Waals surface area contributed by atoms with E-state index in [1.54, 1.807) is 12.4 Å². The first-order valence-corrected chi connectivity index (χ1v) is 21.3. The van der Waals surface area contributed by atoms with Gasteiger partial charge in [-0.1, -0.05) is 164 Å². The maximum Gasteiger partial charge on any atom is 0.164 e. The minimum Gasteiger partial charge on any atom is -0.255 e. The first-order valence-electron chi connectivity index (χ1n) is 21.3. The molecule has 6 nitrogen and oxygen atoms in total. The molecule has 8 aromatic carbocycles. The molecule has 0 radical (unpaired) electrons. The van der Waals surface area contributed by atoms with Crippen molar-refractivity contribution in [1.82, 2.24) is 29.9 Å². The number of nitrogens with zero attached hydrogens (tertiary/aromatic N) is 6. The van der Waals surface area contributed by atoms with E-state index in [1.807, 2.05) is 97.1 Å². The van der Waals surface area contributed by atoms with Gasteiger partial charge in [0, 0.05) is 29.1 Å². The third kappa shape index (κ3) is 6.71. The quantitative estimate of drug-likeness (QED) is 0.142. The second kappa shape index (κ2) is 15.6. The van der Waals surface area contributed by atoms with E-state index >= 15 is 0 Å². The highest BCUT2D eigenvalue weighted by Gasteiger charge is 2.18. The summed E-state index contributed by atoms with van der Waals surface area (Å²) in [7, 11) is 0. The Kier molecular flexibility index (Phi) is 9.05. The molecule has 0 unspecified atom stereocenters. The Labute approximate surface area is 369 Å². The van der Waals surface area contributed by atoms with Gasteiger partial charge in [0.05, 0.1) is 22.8 Å². The molecular formula is C58H36N6. The van der Waals surface area contributed by atoms with E-state index in [0.29, 0.717) is 17.5 Å². The third-order valence-corrected chi connectivity index (χ3v) is 12.0. The highest BCUT2D eigenvalue weighted by atomic mass is 15.0. The number of benzene rings is 8. The van der Waals surface area contributed by atoms with Gasteiger partial charge in [-0.15, -0.1) is 0 Å². The molecule has 0 fully saturated rings. The Morgan fingerprint density at radius 3 is 1.23 bits per heavy atom. The normalized spacial score (nSPS) is 11.4. The van der Waals surface area contributed by atoms with Crippen molar-refractivity contribution in [3.05, 3.63) is 219 Å². The summed E-state index contributed by atoms with van der Waals surface area (Å²) in [6.45, 7) is 0. The van der Waals surface area contributed by atoms with Crippen LogP contribution in [0.2, 0.25) is 0 Å². The fraction of sp³-hybridized carbons (Fsp3) is 0. The zero-order chi connectivity index (χ0) is 42.4. The zero-order valence-corrected chi connectivity index (χ0v) is 34.5. The largest absolute Gasteiger partial charge is 0.255 e. The molecule has 0 N–H and O–H groups in total. The standard InChI is InChI=1S/C58H36N6/c1-3-12-41(13-4-1)56-62-57(42-14-5-2-6-15-42)64-58(63-56)44-17-11-16-43(34-44)47-29-25-40-26-30-48-46(28-24-39-27-31-49(47)55(40)54(39)48)38-22-20-37(21-23-38)45-35-52(50-18-7-9-32-59-50)61-53(36-45)51-19-8-10-33-60-51/h1-36H. The Bertz CT molecular complexity index is 3520.